The number of nitrogens with one attached hydrogen (secondary N) is 1. The predicted octanol–water partition coefficient (Wildman–Crippen LogP) is 3.56. The van der Waals surface area contributed by atoms with Crippen molar-refractivity contribution in [2.45, 2.75) is 19.6 Å². The van der Waals surface area contributed by atoms with E-state index in [1.807, 2.05) is 0 Å². The van der Waals surface area contributed by atoms with Gasteiger partial charge in [-0.3, -0.25) is 4.79 Å². The lowest BCUT2D eigenvalue weighted by Gasteiger charge is -2.13. The fourth-order valence-corrected chi connectivity index (χ4v) is 2.22. The van der Waals surface area contributed by atoms with Crippen LogP contribution in [0.25, 0.3) is 0 Å². The lowest BCUT2D eigenvalue weighted by atomic mass is 10.2. The molecule has 2 aromatic rings. The van der Waals surface area contributed by atoms with Gasteiger partial charge in [-0.25, -0.2) is 4.79 Å². The second-order valence-corrected chi connectivity index (χ2v) is 5.79. The molecule has 0 saturated heterocycles. The van der Waals surface area contributed by atoms with E-state index >= 15 is 0 Å². The summed E-state index contributed by atoms with van der Waals surface area (Å²) in [6.07, 6.45) is 0.567. The molecule has 0 spiro atoms. The third-order valence-corrected chi connectivity index (χ3v) is 3.64. The van der Waals surface area contributed by atoms with Gasteiger partial charge in [-0.2, -0.15) is 0 Å². The van der Waals surface area contributed by atoms with Crippen LogP contribution in [0.3, 0.4) is 0 Å². The summed E-state index contributed by atoms with van der Waals surface area (Å²) in [5, 5.41) is 2.88. The summed E-state index contributed by atoms with van der Waals surface area (Å²) < 4.78 is 10.9. The number of halogens is 2. The molecule has 5 nitrogen and oxygen atoms in total. The molecule has 1 atom stereocenters. The van der Waals surface area contributed by atoms with Crippen molar-refractivity contribution in [3.63, 3.8) is 0 Å². The average Bonchev–Trinajstić information content (AvgIpc) is 3.00. The van der Waals surface area contributed by atoms with Gasteiger partial charge in [0.05, 0.1) is 23.4 Å². The third kappa shape index (κ3) is 4.35. The minimum atomic E-state index is -0.947. The first-order valence-electron chi connectivity index (χ1n) is 6.43. The molecule has 116 valence electrons. The van der Waals surface area contributed by atoms with Crippen LogP contribution in [0.1, 0.15) is 23.0 Å². The number of amides is 1. The first-order valence-corrected chi connectivity index (χ1v) is 7.60. The van der Waals surface area contributed by atoms with E-state index in [1.165, 1.54) is 19.3 Å². The molecule has 0 fully saturated rings. The second-order valence-electron chi connectivity index (χ2n) is 4.47. The summed E-state index contributed by atoms with van der Waals surface area (Å²) in [6.45, 7) is 1.71. The van der Waals surface area contributed by atoms with Gasteiger partial charge in [-0.05, 0) is 37.3 Å². The Balaban J connectivity index is 1.92. The van der Waals surface area contributed by atoms with Crippen molar-refractivity contribution in [3.05, 3.63) is 57.4 Å². The van der Waals surface area contributed by atoms with Crippen LogP contribution in [0.2, 0.25) is 5.02 Å². The van der Waals surface area contributed by atoms with Gasteiger partial charge >= 0.3 is 5.97 Å². The van der Waals surface area contributed by atoms with E-state index in [0.29, 0.717) is 10.2 Å². The molecule has 0 saturated carbocycles. The highest BCUT2D eigenvalue weighted by molar-refractivity contribution is 9.10. The van der Waals surface area contributed by atoms with Crippen LogP contribution in [0.15, 0.2) is 45.5 Å². The minimum Gasteiger partial charge on any atom is -0.467 e. The minimum absolute atomic E-state index is 0.196. The number of carbonyl (C=O) groups is 2. The zero-order valence-corrected chi connectivity index (χ0v) is 14.0. The number of rotatable bonds is 5. The maximum atomic E-state index is 12.0. The molecule has 0 aliphatic rings. The van der Waals surface area contributed by atoms with E-state index in [2.05, 4.69) is 21.2 Å². The molecule has 22 heavy (non-hydrogen) atoms. The zero-order chi connectivity index (χ0) is 16.1. The second kappa shape index (κ2) is 7.47. The Morgan fingerprint density at radius 2 is 2.18 bits per heavy atom. The van der Waals surface area contributed by atoms with Gasteiger partial charge in [0, 0.05) is 4.47 Å². The number of carbonyl (C=O) groups excluding carboxylic acids is 2. The Labute approximate surface area is 140 Å². The summed E-state index contributed by atoms with van der Waals surface area (Å²) in [6, 6.07) is 8.28. The van der Waals surface area contributed by atoms with Crippen LogP contribution in [-0.2, 0) is 16.1 Å². The molecule has 1 amide bonds. The Morgan fingerprint density at radius 1 is 1.41 bits per heavy atom. The van der Waals surface area contributed by atoms with E-state index in [4.69, 9.17) is 20.8 Å². The third-order valence-electron chi connectivity index (χ3n) is 2.82. The first-order chi connectivity index (χ1) is 10.5. The molecule has 1 N–H and O–H groups in total. The summed E-state index contributed by atoms with van der Waals surface area (Å²) in [4.78, 5) is 23.9. The summed E-state index contributed by atoms with van der Waals surface area (Å²) >= 11 is 9.20. The maximum Gasteiger partial charge on any atom is 0.340 e. The molecule has 0 bridgehead atoms. The highest BCUT2D eigenvalue weighted by atomic mass is 79.9. The maximum absolute atomic E-state index is 12.0. The molecule has 0 unspecified atom stereocenters. The largest absolute Gasteiger partial charge is 0.467 e. The van der Waals surface area contributed by atoms with Gasteiger partial charge in [-0.1, -0.05) is 27.5 Å². The lowest BCUT2D eigenvalue weighted by molar-refractivity contribution is -0.129. The fourth-order valence-electron chi connectivity index (χ4n) is 1.66. The van der Waals surface area contributed by atoms with Gasteiger partial charge in [0.1, 0.15) is 5.76 Å². The molecule has 1 aromatic carbocycles. The monoisotopic (exact) mass is 385 g/mol. The van der Waals surface area contributed by atoms with Crippen molar-refractivity contribution in [2.24, 2.45) is 0 Å². The number of furan rings is 1. The standard InChI is InChI=1S/C15H13BrClNO4/c1-9(14(19)18-8-11-3-2-6-21-11)22-15(20)12-7-10(16)4-5-13(12)17/h2-7,9H,8H2,1H3,(H,18,19)/t9-/m0/s1. The number of ether oxygens (including phenoxy) is 1. The number of hydrogen-bond donors (Lipinski definition) is 1. The Morgan fingerprint density at radius 3 is 2.86 bits per heavy atom. The fraction of sp³-hybridized carbons (Fsp3) is 0.200. The smallest absolute Gasteiger partial charge is 0.340 e. The number of hydrogen-bond acceptors (Lipinski definition) is 4. The van der Waals surface area contributed by atoms with Crippen LogP contribution >= 0.6 is 27.5 Å². The van der Waals surface area contributed by atoms with Crippen molar-refractivity contribution < 1.29 is 18.7 Å². The van der Waals surface area contributed by atoms with Crippen molar-refractivity contribution >= 4 is 39.4 Å². The van der Waals surface area contributed by atoms with Gasteiger partial charge in [0.15, 0.2) is 6.10 Å². The molecular weight excluding hydrogens is 374 g/mol. The summed E-state index contributed by atoms with van der Waals surface area (Å²) in [7, 11) is 0. The summed E-state index contributed by atoms with van der Waals surface area (Å²) in [5.74, 6) is -0.468. The van der Waals surface area contributed by atoms with Crippen molar-refractivity contribution in [3.8, 4) is 0 Å². The normalized spacial score (nSPS) is 11.8. The van der Waals surface area contributed by atoms with E-state index < -0.39 is 18.0 Å². The van der Waals surface area contributed by atoms with Crippen LogP contribution in [0.5, 0.6) is 0 Å². The SMILES string of the molecule is C[C@H](OC(=O)c1cc(Br)ccc1Cl)C(=O)NCc1ccco1. The molecule has 0 radical (unpaired) electrons. The molecule has 1 heterocycles. The Hall–Kier alpha value is -1.79. The van der Waals surface area contributed by atoms with Gasteiger partial charge in [-0.15, -0.1) is 0 Å². The molecule has 0 aliphatic heterocycles. The van der Waals surface area contributed by atoms with Gasteiger partial charge in [0.25, 0.3) is 5.91 Å². The zero-order valence-electron chi connectivity index (χ0n) is 11.6. The highest BCUT2D eigenvalue weighted by Crippen LogP contribution is 2.22. The van der Waals surface area contributed by atoms with Crippen LogP contribution in [0.4, 0.5) is 0 Å². The van der Waals surface area contributed by atoms with E-state index in [9.17, 15) is 9.59 Å². The van der Waals surface area contributed by atoms with Crippen LogP contribution in [0, 0.1) is 0 Å². The molecule has 7 heteroatoms. The van der Waals surface area contributed by atoms with E-state index in [1.54, 1.807) is 24.3 Å². The van der Waals surface area contributed by atoms with Gasteiger partial charge in [0.2, 0.25) is 0 Å². The Kier molecular flexibility index (Phi) is 5.63. The lowest BCUT2D eigenvalue weighted by Crippen LogP contribution is -2.35. The van der Waals surface area contributed by atoms with Crippen molar-refractivity contribution in [2.75, 3.05) is 0 Å². The molecule has 0 aliphatic carbocycles. The number of benzene rings is 1. The molecular formula is C15H13BrClNO4. The molecule has 1 aromatic heterocycles. The van der Waals surface area contributed by atoms with E-state index in [0.717, 1.165) is 0 Å². The van der Waals surface area contributed by atoms with Gasteiger partial charge < -0.3 is 14.5 Å². The van der Waals surface area contributed by atoms with Crippen LogP contribution < -0.4 is 5.32 Å². The van der Waals surface area contributed by atoms with E-state index in [-0.39, 0.29) is 17.1 Å². The quantitative estimate of drug-likeness (QED) is 0.798. The Bertz CT molecular complexity index is 672. The van der Waals surface area contributed by atoms with Crippen molar-refractivity contribution in [1.82, 2.24) is 5.32 Å². The predicted molar refractivity (Wildman–Crippen MR) is 84.6 cm³/mol. The average molecular weight is 387 g/mol. The highest BCUT2D eigenvalue weighted by Gasteiger charge is 2.20. The van der Waals surface area contributed by atoms with Crippen LogP contribution in [-0.4, -0.2) is 18.0 Å². The summed E-state index contributed by atoms with van der Waals surface area (Å²) in [5.41, 5.74) is 0.196. The topological polar surface area (TPSA) is 68.5 Å². The van der Waals surface area contributed by atoms with Crippen molar-refractivity contribution in [1.29, 1.82) is 0 Å². The molecule has 2 rings (SSSR count). The first kappa shape index (κ1) is 16.6. The number of esters is 1.